The molecule has 3 aliphatic rings. The second kappa shape index (κ2) is 6.16. The molecular formula is C16H26N2O4. The zero-order valence-electron chi connectivity index (χ0n) is 13.0. The maximum Gasteiger partial charge on any atom is 0.254 e. The van der Waals surface area contributed by atoms with Crippen LogP contribution in [0.5, 0.6) is 0 Å². The van der Waals surface area contributed by atoms with Gasteiger partial charge in [0.15, 0.2) is 0 Å². The standard InChI is InChI=1S/C16H26N2O4/c17-14(19)12-4-9-22-13(12)10-11-2-7-18(8-3-11)15(20)16(21)5-1-6-16/h11-13,21H,1-10H2,(H2,17,19)/t12-,13-/m1/s1. The molecule has 0 aromatic rings. The largest absolute Gasteiger partial charge is 0.380 e. The highest BCUT2D eigenvalue weighted by atomic mass is 16.5. The van der Waals surface area contributed by atoms with Crippen molar-refractivity contribution in [2.45, 2.75) is 56.7 Å². The topological polar surface area (TPSA) is 92.9 Å². The zero-order chi connectivity index (χ0) is 15.7. The van der Waals surface area contributed by atoms with Crippen LogP contribution >= 0.6 is 0 Å². The zero-order valence-corrected chi connectivity index (χ0v) is 13.0. The van der Waals surface area contributed by atoms with Gasteiger partial charge < -0.3 is 20.5 Å². The number of primary amides is 1. The molecule has 3 rings (SSSR count). The van der Waals surface area contributed by atoms with Crippen LogP contribution in [0.15, 0.2) is 0 Å². The first kappa shape index (κ1) is 15.7. The Balaban J connectivity index is 1.47. The predicted molar refractivity (Wildman–Crippen MR) is 79.8 cm³/mol. The van der Waals surface area contributed by atoms with E-state index in [0.717, 1.165) is 32.1 Å². The van der Waals surface area contributed by atoms with Crippen molar-refractivity contribution in [3.8, 4) is 0 Å². The van der Waals surface area contributed by atoms with Crippen LogP contribution in [0, 0.1) is 11.8 Å². The molecule has 0 aromatic carbocycles. The molecule has 2 atom stereocenters. The Morgan fingerprint density at radius 3 is 2.45 bits per heavy atom. The van der Waals surface area contributed by atoms with Gasteiger partial charge in [-0.2, -0.15) is 0 Å². The van der Waals surface area contributed by atoms with Crippen LogP contribution in [-0.2, 0) is 14.3 Å². The van der Waals surface area contributed by atoms with E-state index in [1.54, 1.807) is 4.90 Å². The fourth-order valence-corrected chi connectivity index (χ4v) is 3.93. The third kappa shape index (κ3) is 2.99. The van der Waals surface area contributed by atoms with E-state index in [1.165, 1.54) is 0 Å². The fraction of sp³-hybridized carbons (Fsp3) is 0.875. The van der Waals surface area contributed by atoms with Crippen LogP contribution in [0.2, 0.25) is 0 Å². The van der Waals surface area contributed by atoms with Crippen molar-refractivity contribution in [2.75, 3.05) is 19.7 Å². The average Bonchev–Trinajstić information content (AvgIpc) is 2.93. The van der Waals surface area contributed by atoms with E-state index >= 15 is 0 Å². The summed E-state index contributed by atoms with van der Waals surface area (Å²) in [4.78, 5) is 25.5. The molecule has 0 aromatic heterocycles. The number of rotatable bonds is 4. The van der Waals surface area contributed by atoms with Gasteiger partial charge in [-0.05, 0) is 50.9 Å². The summed E-state index contributed by atoms with van der Waals surface area (Å²) < 4.78 is 5.66. The SMILES string of the molecule is NC(=O)[C@@H]1CCO[C@@H]1CC1CCN(C(=O)C2(O)CCC2)CC1. The minimum atomic E-state index is -1.08. The van der Waals surface area contributed by atoms with Gasteiger partial charge in [0.25, 0.3) is 5.91 Å². The van der Waals surface area contributed by atoms with E-state index in [1.807, 2.05) is 0 Å². The Bertz CT molecular complexity index is 441. The highest BCUT2D eigenvalue weighted by Gasteiger charge is 2.45. The van der Waals surface area contributed by atoms with Crippen LogP contribution in [0.4, 0.5) is 0 Å². The molecule has 0 spiro atoms. The third-order valence-electron chi connectivity index (χ3n) is 5.62. The lowest BCUT2D eigenvalue weighted by atomic mass is 9.78. The Hall–Kier alpha value is -1.14. The van der Waals surface area contributed by atoms with Crippen LogP contribution < -0.4 is 5.73 Å². The summed E-state index contributed by atoms with van der Waals surface area (Å²) >= 11 is 0. The first-order valence-corrected chi connectivity index (χ1v) is 8.42. The molecule has 6 nitrogen and oxygen atoms in total. The molecular weight excluding hydrogens is 284 g/mol. The van der Waals surface area contributed by atoms with E-state index in [4.69, 9.17) is 10.5 Å². The molecule has 22 heavy (non-hydrogen) atoms. The molecule has 1 aliphatic carbocycles. The van der Waals surface area contributed by atoms with Crippen molar-refractivity contribution < 1.29 is 19.4 Å². The molecule has 0 bridgehead atoms. The number of aliphatic hydroxyl groups is 1. The molecule has 2 saturated heterocycles. The van der Waals surface area contributed by atoms with Gasteiger partial charge in [0.1, 0.15) is 5.60 Å². The number of nitrogens with two attached hydrogens (primary N) is 1. The maximum atomic E-state index is 12.3. The lowest BCUT2D eigenvalue weighted by Crippen LogP contribution is -2.55. The molecule has 2 aliphatic heterocycles. The van der Waals surface area contributed by atoms with Gasteiger partial charge in [0.05, 0.1) is 12.0 Å². The molecule has 6 heteroatoms. The van der Waals surface area contributed by atoms with Gasteiger partial charge in [-0.25, -0.2) is 0 Å². The third-order valence-corrected chi connectivity index (χ3v) is 5.62. The van der Waals surface area contributed by atoms with Crippen molar-refractivity contribution >= 4 is 11.8 Å². The number of carbonyl (C=O) groups is 2. The number of nitrogens with zero attached hydrogens (tertiary/aromatic N) is 1. The minimum absolute atomic E-state index is 0.0550. The molecule has 0 radical (unpaired) electrons. The van der Waals surface area contributed by atoms with Crippen LogP contribution in [0.25, 0.3) is 0 Å². The Labute approximate surface area is 131 Å². The van der Waals surface area contributed by atoms with Gasteiger partial charge in [-0.3, -0.25) is 9.59 Å². The van der Waals surface area contributed by atoms with E-state index < -0.39 is 5.60 Å². The van der Waals surface area contributed by atoms with E-state index in [2.05, 4.69) is 0 Å². The van der Waals surface area contributed by atoms with Gasteiger partial charge in [-0.1, -0.05) is 0 Å². The number of amides is 2. The summed E-state index contributed by atoms with van der Waals surface area (Å²) in [6, 6.07) is 0. The molecule has 0 unspecified atom stereocenters. The first-order chi connectivity index (χ1) is 10.5. The lowest BCUT2D eigenvalue weighted by molar-refractivity contribution is -0.161. The number of piperidine rings is 1. The molecule has 2 heterocycles. The average molecular weight is 310 g/mol. The highest BCUT2D eigenvalue weighted by Crippen LogP contribution is 2.35. The maximum absolute atomic E-state index is 12.3. The number of hydrogen-bond donors (Lipinski definition) is 2. The van der Waals surface area contributed by atoms with Crippen molar-refractivity contribution in [3.05, 3.63) is 0 Å². The summed E-state index contributed by atoms with van der Waals surface area (Å²) in [7, 11) is 0. The Morgan fingerprint density at radius 1 is 1.23 bits per heavy atom. The summed E-state index contributed by atoms with van der Waals surface area (Å²) in [5.74, 6) is -0.0490. The van der Waals surface area contributed by atoms with Gasteiger partial charge in [0.2, 0.25) is 5.91 Å². The summed E-state index contributed by atoms with van der Waals surface area (Å²) in [5.41, 5.74) is 4.34. The predicted octanol–water partition coefficient (Wildman–Crippen LogP) is 0.420. The monoisotopic (exact) mass is 310 g/mol. The van der Waals surface area contributed by atoms with E-state index in [-0.39, 0.29) is 23.8 Å². The second-order valence-electron chi connectivity index (χ2n) is 7.06. The van der Waals surface area contributed by atoms with E-state index in [0.29, 0.717) is 38.5 Å². The second-order valence-corrected chi connectivity index (χ2v) is 7.06. The molecule has 3 fully saturated rings. The number of hydrogen-bond acceptors (Lipinski definition) is 4. The van der Waals surface area contributed by atoms with Crippen molar-refractivity contribution in [3.63, 3.8) is 0 Å². The van der Waals surface area contributed by atoms with Gasteiger partial charge in [-0.15, -0.1) is 0 Å². The Kier molecular flexibility index (Phi) is 4.41. The van der Waals surface area contributed by atoms with Crippen LogP contribution in [-0.4, -0.2) is 53.2 Å². The van der Waals surface area contributed by atoms with Gasteiger partial charge in [0, 0.05) is 19.7 Å². The normalized spacial score (nSPS) is 31.8. The van der Waals surface area contributed by atoms with E-state index in [9.17, 15) is 14.7 Å². The quantitative estimate of drug-likeness (QED) is 0.787. The first-order valence-electron chi connectivity index (χ1n) is 8.42. The minimum Gasteiger partial charge on any atom is -0.380 e. The lowest BCUT2D eigenvalue weighted by Gasteiger charge is -2.42. The molecule has 2 amide bonds. The summed E-state index contributed by atoms with van der Waals surface area (Å²) in [6.45, 7) is 2.00. The Morgan fingerprint density at radius 2 is 1.91 bits per heavy atom. The van der Waals surface area contributed by atoms with Crippen molar-refractivity contribution in [1.82, 2.24) is 4.90 Å². The number of likely N-dealkylation sites (tertiary alicyclic amines) is 1. The van der Waals surface area contributed by atoms with Gasteiger partial charge >= 0.3 is 0 Å². The van der Waals surface area contributed by atoms with Crippen LogP contribution in [0.1, 0.15) is 44.9 Å². The molecule has 3 N–H and O–H groups in total. The number of ether oxygens (including phenoxy) is 1. The smallest absolute Gasteiger partial charge is 0.254 e. The molecule has 124 valence electrons. The highest BCUT2D eigenvalue weighted by molar-refractivity contribution is 5.86. The summed E-state index contributed by atoms with van der Waals surface area (Å²) in [5, 5.41) is 10.2. The van der Waals surface area contributed by atoms with Crippen molar-refractivity contribution in [2.24, 2.45) is 17.6 Å². The van der Waals surface area contributed by atoms with Crippen LogP contribution in [0.3, 0.4) is 0 Å². The fourth-order valence-electron chi connectivity index (χ4n) is 3.93. The number of carbonyl (C=O) groups excluding carboxylic acids is 2. The van der Waals surface area contributed by atoms with Crippen molar-refractivity contribution in [1.29, 1.82) is 0 Å². The molecule has 1 saturated carbocycles. The summed E-state index contributed by atoms with van der Waals surface area (Å²) in [6.07, 6.45) is 5.47.